The molecular formula is C25H27FN4O3S. The monoisotopic (exact) mass is 482 g/mol. The molecule has 1 fully saturated rings. The van der Waals surface area contributed by atoms with E-state index >= 15 is 0 Å². The Morgan fingerprint density at radius 3 is 2.38 bits per heavy atom. The largest absolute Gasteiger partial charge is 0.338 e. The SMILES string of the molecule is Cc1nn(-c2ccccc2)c(C)c1/C=C/C(=O)N1CCCN(S(=O)(=O)c2ccc(F)cc2)CC1. The van der Waals surface area contributed by atoms with E-state index in [9.17, 15) is 17.6 Å². The van der Waals surface area contributed by atoms with E-state index in [-0.39, 0.29) is 23.9 Å². The van der Waals surface area contributed by atoms with Crippen molar-refractivity contribution in [1.29, 1.82) is 0 Å². The minimum Gasteiger partial charge on any atom is -0.338 e. The number of benzene rings is 2. The van der Waals surface area contributed by atoms with Gasteiger partial charge < -0.3 is 4.90 Å². The topological polar surface area (TPSA) is 75.5 Å². The molecule has 7 nitrogen and oxygen atoms in total. The molecule has 1 saturated heterocycles. The fourth-order valence-electron chi connectivity index (χ4n) is 4.09. The first kappa shape index (κ1) is 23.8. The molecule has 1 aliphatic heterocycles. The third kappa shape index (κ3) is 4.95. The zero-order valence-corrected chi connectivity index (χ0v) is 20.0. The summed E-state index contributed by atoms with van der Waals surface area (Å²) < 4.78 is 42.2. The van der Waals surface area contributed by atoms with E-state index in [1.54, 1.807) is 11.0 Å². The van der Waals surface area contributed by atoms with E-state index < -0.39 is 15.8 Å². The number of nitrogens with zero attached hydrogens (tertiary/aromatic N) is 4. The number of aromatic nitrogens is 2. The van der Waals surface area contributed by atoms with Gasteiger partial charge in [-0.2, -0.15) is 9.40 Å². The summed E-state index contributed by atoms with van der Waals surface area (Å²) in [5.74, 6) is -0.662. The van der Waals surface area contributed by atoms with Gasteiger partial charge in [-0.3, -0.25) is 4.79 Å². The van der Waals surface area contributed by atoms with Gasteiger partial charge in [-0.15, -0.1) is 0 Å². The Bertz CT molecular complexity index is 1300. The number of amides is 1. The van der Waals surface area contributed by atoms with Gasteiger partial charge >= 0.3 is 0 Å². The van der Waals surface area contributed by atoms with E-state index in [1.807, 2.05) is 48.9 Å². The van der Waals surface area contributed by atoms with Crippen molar-refractivity contribution in [2.45, 2.75) is 25.2 Å². The highest BCUT2D eigenvalue weighted by atomic mass is 32.2. The van der Waals surface area contributed by atoms with Crippen molar-refractivity contribution in [3.8, 4) is 5.69 Å². The van der Waals surface area contributed by atoms with Crippen LogP contribution in [0.4, 0.5) is 4.39 Å². The van der Waals surface area contributed by atoms with Gasteiger partial charge in [0, 0.05) is 43.5 Å². The van der Waals surface area contributed by atoms with E-state index in [1.165, 1.54) is 22.5 Å². The van der Waals surface area contributed by atoms with Crippen molar-refractivity contribution >= 4 is 22.0 Å². The van der Waals surface area contributed by atoms with Crippen LogP contribution >= 0.6 is 0 Å². The Balaban J connectivity index is 1.45. The molecule has 3 aromatic rings. The van der Waals surface area contributed by atoms with Crippen LogP contribution in [0.25, 0.3) is 11.8 Å². The summed E-state index contributed by atoms with van der Waals surface area (Å²) in [6.07, 6.45) is 3.82. The van der Waals surface area contributed by atoms with Crippen LogP contribution in [-0.2, 0) is 14.8 Å². The van der Waals surface area contributed by atoms with Crippen molar-refractivity contribution in [3.05, 3.63) is 83.4 Å². The van der Waals surface area contributed by atoms with Crippen LogP contribution in [0.3, 0.4) is 0 Å². The van der Waals surface area contributed by atoms with Gasteiger partial charge in [0.15, 0.2) is 0 Å². The zero-order valence-electron chi connectivity index (χ0n) is 19.2. The maximum absolute atomic E-state index is 13.2. The minimum absolute atomic E-state index is 0.0509. The molecule has 2 heterocycles. The van der Waals surface area contributed by atoms with Gasteiger partial charge in [0.1, 0.15) is 5.82 Å². The number of hydrogen-bond donors (Lipinski definition) is 0. The summed E-state index contributed by atoms with van der Waals surface area (Å²) in [4.78, 5) is 14.6. The van der Waals surface area contributed by atoms with Crippen LogP contribution in [0.5, 0.6) is 0 Å². The van der Waals surface area contributed by atoms with Crippen LogP contribution in [0, 0.1) is 19.7 Å². The number of sulfonamides is 1. The first-order valence-corrected chi connectivity index (χ1v) is 12.6. The van der Waals surface area contributed by atoms with E-state index in [4.69, 9.17) is 0 Å². The lowest BCUT2D eigenvalue weighted by molar-refractivity contribution is -0.125. The molecule has 2 aromatic carbocycles. The second-order valence-electron chi connectivity index (χ2n) is 8.20. The summed E-state index contributed by atoms with van der Waals surface area (Å²) in [7, 11) is -3.74. The fraction of sp³-hybridized carbons (Fsp3) is 0.280. The molecule has 1 aromatic heterocycles. The van der Waals surface area contributed by atoms with Crippen LogP contribution in [0.2, 0.25) is 0 Å². The average Bonchev–Trinajstić information content (AvgIpc) is 2.99. The molecule has 0 atom stereocenters. The van der Waals surface area contributed by atoms with Gasteiger partial charge in [-0.05, 0) is 62.7 Å². The lowest BCUT2D eigenvalue weighted by Gasteiger charge is -2.21. The van der Waals surface area contributed by atoms with Crippen molar-refractivity contribution in [3.63, 3.8) is 0 Å². The molecule has 0 bridgehead atoms. The smallest absolute Gasteiger partial charge is 0.246 e. The molecule has 9 heteroatoms. The molecule has 178 valence electrons. The number of halogens is 1. The quantitative estimate of drug-likeness (QED) is 0.521. The minimum atomic E-state index is -3.74. The van der Waals surface area contributed by atoms with Gasteiger partial charge in [0.05, 0.1) is 16.3 Å². The zero-order chi connectivity index (χ0) is 24.3. The lowest BCUT2D eigenvalue weighted by Crippen LogP contribution is -2.36. The third-order valence-electron chi connectivity index (χ3n) is 5.96. The van der Waals surface area contributed by atoms with Crippen molar-refractivity contribution in [1.82, 2.24) is 19.0 Å². The van der Waals surface area contributed by atoms with Crippen LogP contribution in [-0.4, -0.2) is 59.5 Å². The molecule has 0 radical (unpaired) electrons. The summed E-state index contributed by atoms with van der Waals surface area (Å²) in [5, 5.41) is 4.60. The Morgan fingerprint density at radius 1 is 0.971 bits per heavy atom. The first-order chi connectivity index (χ1) is 16.3. The Kier molecular flexibility index (Phi) is 6.95. The number of para-hydroxylation sites is 1. The number of carbonyl (C=O) groups is 1. The molecule has 1 aliphatic rings. The highest BCUT2D eigenvalue weighted by molar-refractivity contribution is 7.89. The van der Waals surface area contributed by atoms with Crippen molar-refractivity contribution in [2.24, 2.45) is 0 Å². The highest BCUT2D eigenvalue weighted by Crippen LogP contribution is 2.21. The highest BCUT2D eigenvalue weighted by Gasteiger charge is 2.28. The number of hydrogen-bond acceptors (Lipinski definition) is 4. The summed E-state index contributed by atoms with van der Waals surface area (Å²) in [6.45, 7) is 5.09. The Labute approximate surface area is 199 Å². The standard InChI is InChI=1S/C25H27FN4O3S/c1-19-24(20(2)30(27-19)22-7-4-3-5-8-22)13-14-25(31)28-15-6-16-29(18-17-28)34(32,33)23-11-9-21(26)10-12-23/h3-5,7-14H,6,15-18H2,1-2H3/b14-13+. The molecule has 0 N–H and O–H groups in total. The van der Waals surface area contributed by atoms with Crippen molar-refractivity contribution in [2.75, 3.05) is 26.2 Å². The molecule has 0 aliphatic carbocycles. The average molecular weight is 483 g/mol. The normalized spacial score (nSPS) is 15.6. The maximum atomic E-state index is 13.2. The van der Waals surface area contributed by atoms with Gasteiger partial charge in [0.25, 0.3) is 0 Å². The predicted molar refractivity (Wildman–Crippen MR) is 128 cm³/mol. The first-order valence-electron chi connectivity index (χ1n) is 11.1. The van der Waals surface area contributed by atoms with Crippen LogP contribution in [0.1, 0.15) is 23.4 Å². The second-order valence-corrected chi connectivity index (χ2v) is 10.1. The maximum Gasteiger partial charge on any atom is 0.246 e. The fourth-order valence-corrected chi connectivity index (χ4v) is 5.56. The molecule has 0 unspecified atom stereocenters. The van der Waals surface area contributed by atoms with E-state index in [0.29, 0.717) is 19.5 Å². The van der Waals surface area contributed by atoms with E-state index in [2.05, 4.69) is 5.10 Å². The Hall–Kier alpha value is -3.30. The lowest BCUT2D eigenvalue weighted by atomic mass is 10.1. The molecule has 1 amide bonds. The molecule has 0 spiro atoms. The molecular weight excluding hydrogens is 455 g/mol. The van der Waals surface area contributed by atoms with Crippen LogP contribution in [0.15, 0.2) is 65.6 Å². The third-order valence-corrected chi connectivity index (χ3v) is 7.87. The van der Waals surface area contributed by atoms with E-state index in [0.717, 1.165) is 34.8 Å². The molecule has 0 saturated carbocycles. The van der Waals surface area contributed by atoms with Crippen LogP contribution < -0.4 is 0 Å². The summed E-state index contributed by atoms with van der Waals surface area (Å²) in [6, 6.07) is 14.6. The molecule has 34 heavy (non-hydrogen) atoms. The van der Waals surface area contributed by atoms with Gasteiger partial charge in [-0.1, -0.05) is 18.2 Å². The molecule has 4 rings (SSSR count). The Morgan fingerprint density at radius 2 is 1.68 bits per heavy atom. The number of aryl methyl sites for hydroxylation is 1. The van der Waals surface area contributed by atoms with Gasteiger partial charge in [0.2, 0.25) is 15.9 Å². The second kappa shape index (κ2) is 9.90. The number of carbonyl (C=O) groups excluding carboxylic acids is 1. The van der Waals surface area contributed by atoms with Gasteiger partial charge in [-0.25, -0.2) is 17.5 Å². The summed E-state index contributed by atoms with van der Waals surface area (Å²) >= 11 is 0. The van der Waals surface area contributed by atoms with Crippen molar-refractivity contribution < 1.29 is 17.6 Å². The predicted octanol–water partition coefficient (Wildman–Crippen LogP) is 3.56. The number of rotatable bonds is 5. The summed E-state index contributed by atoms with van der Waals surface area (Å²) in [5.41, 5.74) is 3.58.